The lowest BCUT2D eigenvalue weighted by atomic mass is 10.2. The van der Waals surface area contributed by atoms with E-state index < -0.39 is 0 Å². The van der Waals surface area contributed by atoms with E-state index >= 15 is 0 Å². The van der Waals surface area contributed by atoms with Crippen molar-refractivity contribution in [2.45, 2.75) is 13.5 Å². The highest BCUT2D eigenvalue weighted by Crippen LogP contribution is 2.06. The second kappa shape index (κ2) is 6.43. The maximum absolute atomic E-state index is 12.2. The van der Waals surface area contributed by atoms with Crippen molar-refractivity contribution in [3.8, 4) is 0 Å². The molecule has 0 spiro atoms. The van der Waals surface area contributed by atoms with Gasteiger partial charge in [0, 0.05) is 25.5 Å². The number of hydrogen-bond donors (Lipinski definition) is 2. The van der Waals surface area contributed by atoms with E-state index in [0.717, 1.165) is 6.54 Å². The minimum absolute atomic E-state index is 0.0310. The largest absolute Gasteiger partial charge is 0.349 e. The van der Waals surface area contributed by atoms with Gasteiger partial charge in [0.2, 0.25) is 0 Å². The zero-order chi connectivity index (χ0) is 16.2. The SMILES string of the molecule is C[C@H](CNC(=O)c1nc2ccccc2c(=O)[nH]1)Cn1ccnc1. The number of rotatable bonds is 5. The monoisotopic (exact) mass is 311 g/mol. The first-order valence-electron chi connectivity index (χ1n) is 7.36. The predicted molar refractivity (Wildman–Crippen MR) is 86.1 cm³/mol. The second-order valence-electron chi connectivity index (χ2n) is 5.51. The number of aromatic nitrogens is 4. The normalized spacial score (nSPS) is 12.2. The average Bonchev–Trinajstić information content (AvgIpc) is 3.05. The van der Waals surface area contributed by atoms with Crippen molar-refractivity contribution in [1.82, 2.24) is 24.8 Å². The highest BCUT2D eigenvalue weighted by molar-refractivity contribution is 5.92. The van der Waals surface area contributed by atoms with E-state index in [1.807, 2.05) is 17.7 Å². The van der Waals surface area contributed by atoms with E-state index in [0.29, 0.717) is 17.4 Å². The summed E-state index contributed by atoms with van der Waals surface area (Å²) >= 11 is 0. The van der Waals surface area contributed by atoms with Gasteiger partial charge in [-0.05, 0) is 18.1 Å². The number of carbonyl (C=O) groups excluding carboxylic acids is 1. The van der Waals surface area contributed by atoms with E-state index in [-0.39, 0.29) is 23.2 Å². The molecule has 2 N–H and O–H groups in total. The van der Waals surface area contributed by atoms with E-state index in [1.165, 1.54) is 0 Å². The summed E-state index contributed by atoms with van der Waals surface area (Å²) in [6, 6.07) is 6.93. The number of nitrogens with zero attached hydrogens (tertiary/aromatic N) is 3. The average molecular weight is 311 g/mol. The Morgan fingerprint density at radius 1 is 1.39 bits per heavy atom. The highest BCUT2D eigenvalue weighted by Gasteiger charge is 2.12. The van der Waals surface area contributed by atoms with Gasteiger partial charge in [0.1, 0.15) is 0 Å². The number of carbonyl (C=O) groups is 1. The van der Waals surface area contributed by atoms with Crippen molar-refractivity contribution in [2.75, 3.05) is 6.54 Å². The van der Waals surface area contributed by atoms with Gasteiger partial charge in [0.05, 0.1) is 17.2 Å². The van der Waals surface area contributed by atoms with E-state index in [1.54, 1.807) is 36.8 Å². The van der Waals surface area contributed by atoms with Crippen LogP contribution in [0.1, 0.15) is 17.5 Å². The minimum Gasteiger partial charge on any atom is -0.349 e. The third-order valence-electron chi connectivity index (χ3n) is 3.52. The molecule has 0 aliphatic carbocycles. The van der Waals surface area contributed by atoms with E-state index in [4.69, 9.17) is 0 Å². The molecule has 7 heteroatoms. The van der Waals surface area contributed by atoms with Crippen LogP contribution >= 0.6 is 0 Å². The molecule has 3 rings (SSSR count). The van der Waals surface area contributed by atoms with Crippen LogP contribution in [0.3, 0.4) is 0 Å². The van der Waals surface area contributed by atoms with Gasteiger partial charge in [-0.3, -0.25) is 9.59 Å². The Morgan fingerprint density at radius 3 is 3.00 bits per heavy atom. The van der Waals surface area contributed by atoms with Gasteiger partial charge in [-0.1, -0.05) is 19.1 Å². The maximum atomic E-state index is 12.2. The first kappa shape index (κ1) is 15.0. The smallest absolute Gasteiger partial charge is 0.287 e. The molecule has 0 aliphatic heterocycles. The molecule has 2 aromatic heterocycles. The molecule has 1 amide bonds. The molecule has 0 bridgehead atoms. The van der Waals surface area contributed by atoms with Crippen molar-refractivity contribution < 1.29 is 4.79 Å². The number of benzene rings is 1. The molecule has 7 nitrogen and oxygen atoms in total. The number of H-pyrrole nitrogens is 1. The molecule has 0 unspecified atom stereocenters. The van der Waals surface area contributed by atoms with Gasteiger partial charge in [0.25, 0.3) is 11.5 Å². The third kappa shape index (κ3) is 3.45. The standard InChI is InChI=1S/C16H17N5O2/c1-11(9-21-7-6-17-10-21)8-18-16(23)14-19-13-5-3-2-4-12(13)15(22)20-14/h2-7,10-11H,8-9H2,1H3,(H,18,23)(H,19,20,22)/t11-/m1/s1. The quantitative estimate of drug-likeness (QED) is 0.740. The fourth-order valence-corrected chi connectivity index (χ4v) is 2.36. The lowest BCUT2D eigenvalue weighted by Crippen LogP contribution is -2.32. The number of amides is 1. The Morgan fingerprint density at radius 2 is 2.22 bits per heavy atom. The summed E-state index contributed by atoms with van der Waals surface area (Å²) in [6.07, 6.45) is 5.33. The lowest BCUT2D eigenvalue weighted by Gasteiger charge is -2.13. The fraction of sp³-hybridized carbons (Fsp3) is 0.250. The van der Waals surface area contributed by atoms with Crippen LogP contribution in [-0.2, 0) is 6.54 Å². The van der Waals surface area contributed by atoms with E-state index in [9.17, 15) is 9.59 Å². The molecule has 118 valence electrons. The zero-order valence-corrected chi connectivity index (χ0v) is 12.7. The highest BCUT2D eigenvalue weighted by atomic mass is 16.2. The topological polar surface area (TPSA) is 92.7 Å². The summed E-state index contributed by atoms with van der Waals surface area (Å²) in [5.74, 6) is -0.130. The molecule has 0 saturated heterocycles. The third-order valence-corrected chi connectivity index (χ3v) is 3.52. The number of nitrogens with one attached hydrogen (secondary N) is 2. The van der Waals surface area contributed by atoms with Crippen LogP contribution in [0.4, 0.5) is 0 Å². The first-order chi connectivity index (χ1) is 11.1. The molecule has 0 saturated carbocycles. The van der Waals surface area contributed by atoms with Gasteiger partial charge >= 0.3 is 0 Å². The van der Waals surface area contributed by atoms with Gasteiger partial charge in [-0.15, -0.1) is 0 Å². The van der Waals surface area contributed by atoms with Crippen molar-refractivity contribution in [3.63, 3.8) is 0 Å². The number of hydrogen-bond acceptors (Lipinski definition) is 4. The van der Waals surface area contributed by atoms with Crippen LogP contribution in [-0.4, -0.2) is 32.0 Å². The zero-order valence-electron chi connectivity index (χ0n) is 12.7. The number of fused-ring (bicyclic) bond motifs is 1. The molecule has 2 heterocycles. The van der Waals surface area contributed by atoms with Crippen LogP contribution in [0, 0.1) is 5.92 Å². The minimum atomic E-state index is -0.384. The van der Waals surface area contributed by atoms with Crippen LogP contribution in [0.25, 0.3) is 10.9 Å². The Balaban J connectivity index is 1.67. The molecule has 23 heavy (non-hydrogen) atoms. The van der Waals surface area contributed by atoms with Crippen molar-refractivity contribution in [3.05, 3.63) is 59.2 Å². The molecular weight excluding hydrogens is 294 g/mol. The Bertz CT molecular complexity index is 870. The summed E-state index contributed by atoms with van der Waals surface area (Å²) in [4.78, 5) is 34.9. The Kier molecular flexibility index (Phi) is 4.18. The molecule has 1 aromatic carbocycles. The summed E-state index contributed by atoms with van der Waals surface area (Å²) in [7, 11) is 0. The van der Waals surface area contributed by atoms with Gasteiger partial charge in [-0.2, -0.15) is 0 Å². The van der Waals surface area contributed by atoms with Crippen LogP contribution < -0.4 is 10.9 Å². The molecule has 1 atom stereocenters. The van der Waals surface area contributed by atoms with Crippen LogP contribution in [0.2, 0.25) is 0 Å². The van der Waals surface area contributed by atoms with Gasteiger partial charge in [-0.25, -0.2) is 9.97 Å². The molecule has 3 aromatic rings. The van der Waals surface area contributed by atoms with Crippen LogP contribution in [0.15, 0.2) is 47.8 Å². The van der Waals surface area contributed by atoms with E-state index in [2.05, 4.69) is 20.3 Å². The summed E-state index contributed by atoms with van der Waals surface area (Å²) in [5, 5.41) is 3.27. The predicted octanol–water partition coefficient (Wildman–Crippen LogP) is 1.19. The summed E-state index contributed by atoms with van der Waals surface area (Å²) in [5.41, 5.74) is 0.195. The summed E-state index contributed by atoms with van der Waals surface area (Å²) in [6.45, 7) is 3.26. The molecule has 0 fully saturated rings. The maximum Gasteiger partial charge on any atom is 0.287 e. The van der Waals surface area contributed by atoms with Crippen molar-refractivity contribution in [2.24, 2.45) is 5.92 Å². The van der Waals surface area contributed by atoms with Gasteiger partial charge < -0.3 is 14.9 Å². The lowest BCUT2D eigenvalue weighted by molar-refractivity contribution is 0.0936. The first-order valence-corrected chi connectivity index (χ1v) is 7.36. The molecular formula is C16H17N5O2. The summed E-state index contributed by atoms with van der Waals surface area (Å²) < 4.78 is 1.95. The molecule has 0 aliphatic rings. The fourth-order valence-electron chi connectivity index (χ4n) is 2.36. The molecule has 0 radical (unpaired) electrons. The van der Waals surface area contributed by atoms with Crippen LogP contribution in [0.5, 0.6) is 0 Å². The van der Waals surface area contributed by atoms with Crippen molar-refractivity contribution in [1.29, 1.82) is 0 Å². The van der Waals surface area contributed by atoms with Gasteiger partial charge in [0.15, 0.2) is 5.82 Å². The number of aromatic amines is 1. The second-order valence-corrected chi connectivity index (χ2v) is 5.51. The number of para-hydroxylation sites is 1. The number of imidazole rings is 1. The Labute approximate surface area is 132 Å². The Hall–Kier alpha value is -2.96. The van der Waals surface area contributed by atoms with Crippen molar-refractivity contribution >= 4 is 16.8 Å².